The summed E-state index contributed by atoms with van der Waals surface area (Å²) in [6.07, 6.45) is 1.91. The van der Waals surface area contributed by atoms with Gasteiger partial charge in [-0.2, -0.15) is 0 Å². The zero-order valence-corrected chi connectivity index (χ0v) is 14.0. The molecular formula is C15H17ClN2OS2. The molecule has 0 fully saturated rings. The lowest BCUT2D eigenvalue weighted by Crippen LogP contribution is -2.41. The van der Waals surface area contributed by atoms with Gasteiger partial charge in [0.25, 0.3) is 0 Å². The molecule has 3 heterocycles. The topological polar surface area (TPSA) is 32.3 Å². The summed E-state index contributed by atoms with van der Waals surface area (Å²) >= 11 is 9.29. The minimum atomic E-state index is 0.191. The molecule has 3 rings (SSSR count). The van der Waals surface area contributed by atoms with Crippen LogP contribution in [0.5, 0.6) is 0 Å². The van der Waals surface area contributed by atoms with Gasteiger partial charge in [0.05, 0.1) is 10.9 Å². The van der Waals surface area contributed by atoms with Gasteiger partial charge in [-0.25, -0.2) is 0 Å². The van der Waals surface area contributed by atoms with Crippen LogP contribution in [0, 0.1) is 0 Å². The van der Waals surface area contributed by atoms with Crippen LogP contribution in [-0.4, -0.2) is 30.4 Å². The van der Waals surface area contributed by atoms with Crippen molar-refractivity contribution in [3.8, 4) is 0 Å². The molecule has 0 aliphatic carbocycles. The maximum Gasteiger partial charge on any atom is 0.236 e. The van der Waals surface area contributed by atoms with Gasteiger partial charge >= 0.3 is 0 Å². The number of nitrogens with zero attached hydrogens (tertiary/aromatic N) is 1. The largest absolute Gasteiger partial charge is 0.337 e. The van der Waals surface area contributed by atoms with Crippen LogP contribution >= 0.6 is 34.3 Å². The molecule has 0 bridgehead atoms. The molecule has 0 spiro atoms. The standard InChI is InChI=1S/C15H17ClN2OS2/c16-14-2-1-12(21-14)3-6-17-9-15(19)18-7-4-13-11(10-18)5-8-20-13/h1-2,5,8,17H,3-4,6-7,9-10H2. The second-order valence-corrected chi connectivity index (χ2v) is 7.87. The normalized spacial score (nSPS) is 14.2. The van der Waals surface area contributed by atoms with E-state index >= 15 is 0 Å². The Morgan fingerprint density at radius 1 is 1.38 bits per heavy atom. The third-order valence-corrected chi connectivity index (χ3v) is 5.93. The Labute approximate surface area is 137 Å². The zero-order chi connectivity index (χ0) is 14.7. The SMILES string of the molecule is O=C(CNCCc1ccc(Cl)s1)N1CCc2sccc2C1. The van der Waals surface area contributed by atoms with Gasteiger partial charge in [0.15, 0.2) is 0 Å². The van der Waals surface area contributed by atoms with Gasteiger partial charge in [0, 0.05) is 29.4 Å². The van der Waals surface area contributed by atoms with E-state index in [1.807, 2.05) is 17.0 Å². The lowest BCUT2D eigenvalue weighted by molar-refractivity contribution is -0.131. The maximum atomic E-state index is 12.2. The Balaban J connectivity index is 1.41. The molecule has 0 radical (unpaired) electrons. The fourth-order valence-electron chi connectivity index (χ4n) is 2.47. The average molecular weight is 341 g/mol. The molecule has 6 heteroatoms. The number of halogens is 1. The van der Waals surface area contributed by atoms with Crippen molar-refractivity contribution in [1.82, 2.24) is 10.2 Å². The highest BCUT2D eigenvalue weighted by molar-refractivity contribution is 7.16. The van der Waals surface area contributed by atoms with Crippen LogP contribution in [0.1, 0.15) is 15.3 Å². The number of amides is 1. The molecular weight excluding hydrogens is 324 g/mol. The summed E-state index contributed by atoms with van der Waals surface area (Å²) in [5.74, 6) is 0.191. The predicted molar refractivity (Wildman–Crippen MR) is 89.3 cm³/mol. The molecule has 1 aliphatic rings. The van der Waals surface area contributed by atoms with Crippen molar-refractivity contribution in [3.63, 3.8) is 0 Å². The van der Waals surface area contributed by atoms with Crippen LogP contribution in [0.15, 0.2) is 23.6 Å². The fraction of sp³-hybridized carbons (Fsp3) is 0.400. The smallest absolute Gasteiger partial charge is 0.236 e. The van der Waals surface area contributed by atoms with Gasteiger partial charge in [-0.05, 0) is 42.0 Å². The Morgan fingerprint density at radius 2 is 2.29 bits per heavy atom. The van der Waals surface area contributed by atoms with Gasteiger partial charge < -0.3 is 10.2 Å². The maximum absolute atomic E-state index is 12.2. The van der Waals surface area contributed by atoms with Crippen LogP contribution in [0.4, 0.5) is 0 Å². The van der Waals surface area contributed by atoms with Gasteiger partial charge in [0.2, 0.25) is 5.91 Å². The van der Waals surface area contributed by atoms with E-state index in [1.165, 1.54) is 15.3 Å². The molecule has 21 heavy (non-hydrogen) atoms. The van der Waals surface area contributed by atoms with Crippen molar-refractivity contribution < 1.29 is 4.79 Å². The van der Waals surface area contributed by atoms with Gasteiger partial charge in [-0.3, -0.25) is 4.79 Å². The van der Waals surface area contributed by atoms with E-state index in [0.29, 0.717) is 6.54 Å². The highest BCUT2D eigenvalue weighted by atomic mass is 35.5. The first kappa shape index (κ1) is 15.0. The molecule has 0 aromatic carbocycles. The molecule has 3 nitrogen and oxygen atoms in total. The summed E-state index contributed by atoms with van der Waals surface area (Å²) in [7, 11) is 0. The van der Waals surface area contributed by atoms with Crippen molar-refractivity contribution in [3.05, 3.63) is 43.2 Å². The van der Waals surface area contributed by atoms with Crippen molar-refractivity contribution in [2.45, 2.75) is 19.4 Å². The number of hydrogen-bond acceptors (Lipinski definition) is 4. The zero-order valence-electron chi connectivity index (χ0n) is 11.6. The van der Waals surface area contributed by atoms with E-state index in [1.54, 1.807) is 22.7 Å². The van der Waals surface area contributed by atoms with Crippen LogP contribution in [0.2, 0.25) is 4.34 Å². The van der Waals surface area contributed by atoms with Gasteiger partial charge in [0.1, 0.15) is 0 Å². The average Bonchev–Trinajstić information content (AvgIpc) is 3.11. The van der Waals surface area contributed by atoms with E-state index in [-0.39, 0.29) is 5.91 Å². The van der Waals surface area contributed by atoms with E-state index in [9.17, 15) is 4.79 Å². The van der Waals surface area contributed by atoms with Crippen molar-refractivity contribution in [2.75, 3.05) is 19.6 Å². The second kappa shape index (κ2) is 6.92. The molecule has 1 aliphatic heterocycles. The van der Waals surface area contributed by atoms with Crippen LogP contribution in [0.3, 0.4) is 0 Å². The Kier molecular flexibility index (Phi) is 4.95. The minimum absolute atomic E-state index is 0.191. The van der Waals surface area contributed by atoms with E-state index in [4.69, 9.17) is 11.6 Å². The number of rotatable bonds is 5. The number of carbonyl (C=O) groups is 1. The number of fused-ring (bicyclic) bond motifs is 1. The molecule has 1 N–H and O–H groups in total. The lowest BCUT2D eigenvalue weighted by Gasteiger charge is -2.27. The first-order valence-corrected chi connectivity index (χ1v) is 9.08. The van der Waals surface area contributed by atoms with Crippen molar-refractivity contribution in [1.29, 1.82) is 0 Å². The minimum Gasteiger partial charge on any atom is -0.337 e. The number of hydrogen-bond donors (Lipinski definition) is 1. The predicted octanol–water partition coefficient (Wildman–Crippen LogP) is 3.18. The molecule has 0 unspecified atom stereocenters. The molecule has 0 saturated heterocycles. The van der Waals surface area contributed by atoms with Gasteiger partial charge in [-0.15, -0.1) is 22.7 Å². The molecule has 2 aromatic heterocycles. The van der Waals surface area contributed by atoms with Crippen molar-refractivity contribution in [2.24, 2.45) is 0 Å². The first-order chi connectivity index (χ1) is 10.2. The Hall–Kier alpha value is -0.880. The molecule has 2 aromatic rings. The van der Waals surface area contributed by atoms with Crippen LogP contribution in [-0.2, 0) is 24.2 Å². The monoisotopic (exact) mass is 340 g/mol. The number of nitrogens with one attached hydrogen (secondary N) is 1. The van der Waals surface area contributed by atoms with Gasteiger partial charge in [-0.1, -0.05) is 11.6 Å². The summed E-state index contributed by atoms with van der Waals surface area (Å²) in [4.78, 5) is 16.8. The summed E-state index contributed by atoms with van der Waals surface area (Å²) in [6, 6.07) is 6.09. The molecule has 112 valence electrons. The Morgan fingerprint density at radius 3 is 3.10 bits per heavy atom. The highest BCUT2D eigenvalue weighted by Crippen LogP contribution is 2.24. The summed E-state index contributed by atoms with van der Waals surface area (Å²) < 4.78 is 0.820. The summed E-state index contributed by atoms with van der Waals surface area (Å²) in [5, 5.41) is 5.35. The third-order valence-electron chi connectivity index (χ3n) is 3.61. The quantitative estimate of drug-likeness (QED) is 0.848. The van der Waals surface area contributed by atoms with E-state index in [2.05, 4.69) is 16.8 Å². The highest BCUT2D eigenvalue weighted by Gasteiger charge is 2.20. The van der Waals surface area contributed by atoms with E-state index < -0.39 is 0 Å². The molecule has 0 atom stereocenters. The fourth-order valence-corrected chi connectivity index (χ4v) is 4.44. The molecule has 1 amide bonds. The first-order valence-electron chi connectivity index (χ1n) is 7.00. The summed E-state index contributed by atoms with van der Waals surface area (Å²) in [5.41, 5.74) is 1.31. The summed E-state index contributed by atoms with van der Waals surface area (Å²) in [6.45, 7) is 2.83. The van der Waals surface area contributed by atoms with Crippen molar-refractivity contribution >= 4 is 40.2 Å². The number of carbonyl (C=O) groups excluding carboxylic acids is 1. The van der Waals surface area contributed by atoms with E-state index in [0.717, 1.165) is 36.8 Å². The Bertz CT molecular complexity index is 623. The van der Waals surface area contributed by atoms with Crippen LogP contribution < -0.4 is 5.32 Å². The second-order valence-electron chi connectivity index (χ2n) is 5.07. The van der Waals surface area contributed by atoms with Crippen LogP contribution in [0.25, 0.3) is 0 Å². The molecule has 0 saturated carbocycles. The number of thiophene rings is 2. The third kappa shape index (κ3) is 3.86. The lowest BCUT2D eigenvalue weighted by atomic mass is 10.1.